The first-order chi connectivity index (χ1) is 11.6. The Kier molecular flexibility index (Phi) is 8.05. The second kappa shape index (κ2) is 10.3. The third kappa shape index (κ3) is 6.89. The molecule has 2 rings (SSSR count). The SMILES string of the molecule is CN(C)CCCN1CCN(C(=O)NCCCc2ccccc2)CC1. The maximum Gasteiger partial charge on any atom is 0.317 e. The van der Waals surface area contributed by atoms with Gasteiger partial charge in [-0.2, -0.15) is 0 Å². The van der Waals surface area contributed by atoms with Crippen molar-refractivity contribution in [2.24, 2.45) is 0 Å². The molecule has 134 valence electrons. The van der Waals surface area contributed by atoms with Gasteiger partial charge >= 0.3 is 6.03 Å². The van der Waals surface area contributed by atoms with E-state index in [0.717, 1.165) is 58.7 Å². The molecular weight excluding hydrogens is 300 g/mol. The number of amides is 2. The van der Waals surface area contributed by atoms with E-state index in [2.05, 4.69) is 53.5 Å². The summed E-state index contributed by atoms with van der Waals surface area (Å²) in [5, 5.41) is 3.06. The first-order valence-corrected chi connectivity index (χ1v) is 9.09. The lowest BCUT2D eigenvalue weighted by Gasteiger charge is -2.34. The predicted molar refractivity (Wildman–Crippen MR) is 99.3 cm³/mol. The Bertz CT molecular complexity index is 470. The zero-order valence-corrected chi connectivity index (χ0v) is 15.2. The molecule has 5 nitrogen and oxygen atoms in total. The standard InChI is InChI=1S/C19H32N4O/c1-21(2)12-7-13-22-14-16-23(17-15-22)19(24)20-11-6-10-18-8-4-3-5-9-18/h3-5,8-9H,6-7,10-17H2,1-2H3,(H,20,24). The number of piperazine rings is 1. The molecule has 24 heavy (non-hydrogen) atoms. The number of rotatable bonds is 8. The highest BCUT2D eigenvalue weighted by molar-refractivity contribution is 5.74. The topological polar surface area (TPSA) is 38.8 Å². The first kappa shape index (κ1) is 18.7. The van der Waals surface area contributed by atoms with Crippen molar-refractivity contribution in [3.8, 4) is 0 Å². The average Bonchev–Trinajstić information content (AvgIpc) is 2.60. The summed E-state index contributed by atoms with van der Waals surface area (Å²) in [5.41, 5.74) is 1.33. The highest BCUT2D eigenvalue weighted by atomic mass is 16.2. The fourth-order valence-corrected chi connectivity index (χ4v) is 3.03. The van der Waals surface area contributed by atoms with Crippen LogP contribution in [-0.2, 0) is 6.42 Å². The van der Waals surface area contributed by atoms with Gasteiger partial charge in [0.15, 0.2) is 0 Å². The molecule has 1 heterocycles. The fourth-order valence-electron chi connectivity index (χ4n) is 3.03. The molecule has 5 heteroatoms. The summed E-state index contributed by atoms with van der Waals surface area (Å²) < 4.78 is 0. The van der Waals surface area contributed by atoms with Crippen molar-refractivity contribution in [1.82, 2.24) is 20.0 Å². The summed E-state index contributed by atoms with van der Waals surface area (Å²) in [6.45, 7) is 6.66. The van der Waals surface area contributed by atoms with Crippen molar-refractivity contribution >= 4 is 6.03 Å². The molecule has 1 aromatic carbocycles. The molecule has 0 atom stereocenters. The van der Waals surface area contributed by atoms with Gasteiger partial charge in [0, 0.05) is 32.7 Å². The van der Waals surface area contributed by atoms with Crippen LogP contribution in [0.2, 0.25) is 0 Å². The van der Waals surface area contributed by atoms with Crippen molar-refractivity contribution in [2.75, 3.05) is 59.9 Å². The molecule has 1 saturated heterocycles. The minimum absolute atomic E-state index is 0.0935. The Balaban J connectivity index is 1.55. The summed E-state index contributed by atoms with van der Waals surface area (Å²) in [6.07, 6.45) is 3.19. The van der Waals surface area contributed by atoms with Crippen molar-refractivity contribution < 1.29 is 4.79 Å². The van der Waals surface area contributed by atoms with E-state index in [4.69, 9.17) is 0 Å². The van der Waals surface area contributed by atoms with Crippen molar-refractivity contribution in [3.05, 3.63) is 35.9 Å². The first-order valence-electron chi connectivity index (χ1n) is 9.09. The minimum Gasteiger partial charge on any atom is -0.338 e. The lowest BCUT2D eigenvalue weighted by atomic mass is 10.1. The average molecular weight is 332 g/mol. The van der Waals surface area contributed by atoms with Crippen LogP contribution in [0, 0.1) is 0 Å². The predicted octanol–water partition coefficient (Wildman–Crippen LogP) is 1.90. The summed E-state index contributed by atoms with van der Waals surface area (Å²) in [5.74, 6) is 0. The van der Waals surface area contributed by atoms with E-state index in [1.807, 2.05) is 11.0 Å². The fraction of sp³-hybridized carbons (Fsp3) is 0.632. The van der Waals surface area contributed by atoms with Crippen LogP contribution in [-0.4, -0.2) is 80.6 Å². The third-order valence-electron chi connectivity index (χ3n) is 4.50. The van der Waals surface area contributed by atoms with Gasteiger partial charge in [-0.15, -0.1) is 0 Å². The van der Waals surface area contributed by atoms with Gasteiger partial charge in [0.2, 0.25) is 0 Å². The highest BCUT2D eigenvalue weighted by Gasteiger charge is 2.20. The number of hydrogen-bond donors (Lipinski definition) is 1. The zero-order valence-electron chi connectivity index (χ0n) is 15.2. The zero-order chi connectivity index (χ0) is 17.2. The Morgan fingerprint density at radius 2 is 1.79 bits per heavy atom. The summed E-state index contributed by atoms with van der Waals surface area (Å²) in [6, 6.07) is 10.5. The van der Waals surface area contributed by atoms with Crippen LogP contribution in [0.4, 0.5) is 4.79 Å². The Labute approximate surface area is 146 Å². The molecule has 0 radical (unpaired) electrons. The van der Waals surface area contributed by atoms with Gasteiger partial charge in [0.25, 0.3) is 0 Å². The normalized spacial score (nSPS) is 15.7. The maximum atomic E-state index is 12.2. The molecule has 2 amide bonds. The molecule has 1 aliphatic heterocycles. The van der Waals surface area contributed by atoms with E-state index in [1.54, 1.807) is 0 Å². The van der Waals surface area contributed by atoms with Crippen molar-refractivity contribution in [2.45, 2.75) is 19.3 Å². The van der Waals surface area contributed by atoms with Crippen LogP contribution in [0.25, 0.3) is 0 Å². The molecule has 1 fully saturated rings. The lowest BCUT2D eigenvalue weighted by molar-refractivity contribution is 0.136. The van der Waals surface area contributed by atoms with Crippen LogP contribution in [0.1, 0.15) is 18.4 Å². The number of nitrogens with one attached hydrogen (secondary N) is 1. The van der Waals surface area contributed by atoms with E-state index in [9.17, 15) is 4.79 Å². The van der Waals surface area contributed by atoms with E-state index in [-0.39, 0.29) is 6.03 Å². The second-order valence-electron chi connectivity index (χ2n) is 6.81. The maximum absolute atomic E-state index is 12.2. The number of carbonyl (C=O) groups excluding carboxylic acids is 1. The number of benzene rings is 1. The molecule has 0 spiro atoms. The van der Waals surface area contributed by atoms with Crippen LogP contribution in [0.5, 0.6) is 0 Å². The van der Waals surface area contributed by atoms with Crippen molar-refractivity contribution in [1.29, 1.82) is 0 Å². The van der Waals surface area contributed by atoms with E-state index >= 15 is 0 Å². The van der Waals surface area contributed by atoms with Crippen LogP contribution in [0.3, 0.4) is 0 Å². The lowest BCUT2D eigenvalue weighted by Crippen LogP contribution is -2.52. The number of carbonyl (C=O) groups is 1. The number of aryl methyl sites for hydroxylation is 1. The third-order valence-corrected chi connectivity index (χ3v) is 4.50. The molecule has 1 aromatic rings. The van der Waals surface area contributed by atoms with Crippen LogP contribution in [0.15, 0.2) is 30.3 Å². The minimum atomic E-state index is 0.0935. The van der Waals surface area contributed by atoms with Gasteiger partial charge < -0.3 is 15.1 Å². The molecule has 0 bridgehead atoms. The second-order valence-corrected chi connectivity index (χ2v) is 6.81. The van der Waals surface area contributed by atoms with Gasteiger partial charge in [0.05, 0.1) is 0 Å². The Hall–Kier alpha value is -1.59. The summed E-state index contributed by atoms with van der Waals surface area (Å²) in [4.78, 5) is 18.8. The molecule has 1 N–H and O–H groups in total. The highest BCUT2D eigenvalue weighted by Crippen LogP contribution is 2.04. The quantitative estimate of drug-likeness (QED) is 0.739. The summed E-state index contributed by atoms with van der Waals surface area (Å²) >= 11 is 0. The Morgan fingerprint density at radius 3 is 2.46 bits per heavy atom. The van der Waals surface area contributed by atoms with E-state index in [1.165, 1.54) is 12.0 Å². The van der Waals surface area contributed by atoms with E-state index in [0.29, 0.717) is 0 Å². The molecule has 0 aromatic heterocycles. The van der Waals surface area contributed by atoms with E-state index < -0.39 is 0 Å². The van der Waals surface area contributed by atoms with Gasteiger partial charge in [-0.25, -0.2) is 4.79 Å². The smallest absolute Gasteiger partial charge is 0.317 e. The van der Waals surface area contributed by atoms with Gasteiger partial charge in [0.1, 0.15) is 0 Å². The molecule has 0 saturated carbocycles. The molecule has 1 aliphatic rings. The van der Waals surface area contributed by atoms with Gasteiger partial charge in [-0.05, 0) is 52.0 Å². The number of urea groups is 1. The molecule has 0 unspecified atom stereocenters. The largest absolute Gasteiger partial charge is 0.338 e. The van der Waals surface area contributed by atoms with Gasteiger partial charge in [-0.3, -0.25) is 4.90 Å². The Morgan fingerprint density at radius 1 is 1.08 bits per heavy atom. The molecule has 0 aliphatic carbocycles. The summed E-state index contributed by atoms with van der Waals surface area (Å²) in [7, 11) is 4.22. The van der Waals surface area contributed by atoms with Crippen molar-refractivity contribution in [3.63, 3.8) is 0 Å². The molecular formula is C19H32N4O. The number of hydrogen-bond acceptors (Lipinski definition) is 3. The van der Waals surface area contributed by atoms with Crippen LogP contribution >= 0.6 is 0 Å². The monoisotopic (exact) mass is 332 g/mol. The number of nitrogens with zero attached hydrogens (tertiary/aromatic N) is 3. The van der Waals surface area contributed by atoms with Gasteiger partial charge in [-0.1, -0.05) is 30.3 Å². The van der Waals surface area contributed by atoms with Crippen LogP contribution < -0.4 is 5.32 Å².